The van der Waals surface area contributed by atoms with Crippen LogP contribution in [0.15, 0.2) is 90.5 Å². The molecule has 2 N–H and O–H groups in total. The second-order valence-corrected chi connectivity index (χ2v) is 8.88. The van der Waals surface area contributed by atoms with Crippen LogP contribution < -0.4 is 10.1 Å². The Bertz CT molecular complexity index is 1160. The zero-order chi connectivity index (χ0) is 21.8. The maximum Gasteiger partial charge on any atom is 0.291 e. The number of quaternary nitrogens is 1. The SMILES string of the molecule is CC1=C(C#Cc2ccccc2)c2ccccc2O[C@]1([NH2+]C1CCCCC1)c1ccccc1. The van der Waals surface area contributed by atoms with Crippen LogP contribution in [0, 0.1) is 11.8 Å². The van der Waals surface area contributed by atoms with Gasteiger partial charge in [-0.3, -0.25) is 5.32 Å². The van der Waals surface area contributed by atoms with Gasteiger partial charge in [0, 0.05) is 16.7 Å². The van der Waals surface area contributed by atoms with Crippen molar-refractivity contribution in [3.8, 4) is 17.6 Å². The molecular weight excluding hydrogens is 390 g/mol. The number of hydrogen-bond acceptors (Lipinski definition) is 1. The molecule has 0 aromatic heterocycles. The molecule has 1 heterocycles. The van der Waals surface area contributed by atoms with Crippen molar-refractivity contribution in [3.63, 3.8) is 0 Å². The molecule has 2 nitrogen and oxygen atoms in total. The van der Waals surface area contributed by atoms with Gasteiger partial charge < -0.3 is 4.74 Å². The molecule has 0 unspecified atom stereocenters. The summed E-state index contributed by atoms with van der Waals surface area (Å²) in [6.07, 6.45) is 6.41. The highest BCUT2D eigenvalue weighted by molar-refractivity contribution is 5.87. The lowest BCUT2D eigenvalue weighted by atomic mass is 9.84. The van der Waals surface area contributed by atoms with Crippen molar-refractivity contribution in [1.82, 2.24) is 0 Å². The molecule has 3 aromatic rings. The van der Waals surface area contributed by atoms with Gasteiger partial charge in [-0.05, 0) is 69.0 Å². The van der Waals surface area contributed by atoms with Gasteiger partial charge >= 0.3 is 0 Å². The van der Waals surface area contributed by atoms with Crippen molar-refractivity contribution in [2.24, 2.45) is 0 Å². The lowest BCUT2D eigenvalue weighted by Gasteiger charge is -2.40. The van der Waals surface area contributed by atoms with Gasteiger partial charge in [-0.1, -0.05) is 66.8 Å². The molecule has 1 aliphatic carbocycles. The van der Waals surface area contributed by atoms with Crippen LogP contribution in [0.4, 0.5) is 0 Å². The van der Waals surface area contributed by atoms with Gasteiger partial charge in [-0.15, -0.1) is 0 Å². The minimum Gasteiger partial charge on any atom is -0.432 e. The third-order valence-electron chi connectivity index (χ3n) is 6.79. The van der Waals surface area contributed by atoms with Crippen LogP contribution in [-0.2, 0) is 5.72 Å². The van der Waals surface area contributed by atoms with Crippen molar-refractivity contribution in [2.45, 2.75) is 50.8 Å². The van der Waals surface area contributed by atoms with E-state index >= 15 is 0 Å². The van der Waals surface area contributed by atoms with Gasteiger partial charge in [0.25, 0.3) is 5.72 Å². The van der Waals surface area contributed by atoms with E-state index in [1.54, 1.807) is 0 Å². The first-order chi connectivity index (χ1) is 15.8. The predicted octanol–water partition coefficient (Wildman–Crippen LogP) is 5.65. The van der Waals surface area contributed by atoms with Crippen LogP contribution in [0.1, 0.15) is 55.7 Å². The summed E-state index contributed by atoms with van der Waals surface area (Å²) in [7, 11) is 0. The van der Waals surface area contributed by atoms with Crippen molar-refractivity contribution in [2.75, 3.05) is 0 Å². The standard InChI is InChI=1S/C30H29NO/c1-23-27(22-21-24-13-5-2-6-14-24)28-19-11-12-20-29(28)32-30(23,25-15-7-3-8-16-25)31-26-17-9-4-10-18-26/h2-3,5-8,11-16,19-20,26,31H,4,9-10,17-18H2,1H3/p+1/t30-/m0/s1. The summed E-state index contributed by atoms with van der Waals surface area (Å²) in [5, 5.41) is 2.48. The Morgan fingerprint density at radius 3 is 2.19 bits per heavy atom. The summed E-state index contributed by atoms with van der Waals surface area (Å²) in [6, 6.07) is 29.8. The van der Waals surface area contributed by atoms with Gasteiger partial charge in [0.05, 0.1) is 17.2 Å². The van der Waals surface area contributed by atoms with E-state index in [9.17, 15) is 0 Å². The summed E-state index contributed by atoms with van der Waals surface area (Å²) >= 11 is 0. The number of hydrogen-bond donors (Lipinski definition) is 1. The van der Waals surface area contributed by atoms with Gasteiger partial charge in [-0.2, -0.15) is 0 Å². The summed E-state index contributed by atoms with van der Waals surface area (Å²) in [6.45, 7) is 2.21. The Hall–Kier alpha value is -3.28. The van der Waals surface area contributed by atoms with Crippen molar-refractivity contribution in [1.29, 1.82) is 0 Å². The molecule has 1 atom stereocenters. The van der Waals surface area contributed by atoms with Gasteiger partial charge in [0.1, 0.15) is 5.75 Å². The average Bonchev–Trinajstić information content (AvgIpc) is 2.86. The van der Waals surface area contributed by atoms with E-state index in [1.165, 1.54) is 43.2 Å². The lowest BCUT2D eigenvalue weighted by molar-refractivity contribution is -0.790. The Morgan fingerprint density at radius 2 is 1.44 bits per heavy atom. The maximum atomic E-state index is 6.92. The molecule has 0 spiro atoms. The third kappa shape index (κ3) is 3.97. The maximum absolute atomic E-state index is 6.92. The highest BCUT2D eigenvalue weighted by Gasteiger charge is 2.47. The monoisotopic (exact) mass is 420 g/mol. The Labute approximate surface area is 191 Å². The van der Waals surface area contributed by atoms with Crippen molar-refractivity contribution in [3.05, 3.63) is 107 Å². The van der Waals surface area contributed by atoms with Gasteiger partial charge in [-0.25, -0.2) is 0 Å². The zero-order valence-corrected chi connectivity index (χ0v) is 18.7. The lowest BCUT2D eigenvalue weighted by Crippen LogP contribution is -3.01. The first kappa shape index (κ1) is 20.6. The number of allylic oxidation sites excluding steroid dienone is 1. The first-order valence-electron chi connectivity index (χ1n) is 11.7. The highest BCUT2D eigenvalue weighted by atomic mass is 16.5. The predicted molar refractivity (Wildman–Crippen MR) is 130 cm³/mol. The largest absolute Gasteiger partial charge is 0.432 e. The average molecular weight is 421 g/mol. The molecule has 5 rings (SSSR count). The molecule has 0 saturated heterocycles. The number of nitrogens with two attached hydrogens (primary N) is 1. The van der Waals surface area contributed by atoms with E-state index in [-0.39, 0.29) is 0 Å². The molecular formula is C30H30NO+. The molecule has 0 amide bonds. The summed E-state index contributed by atoms with van der Waals surface area (Å²) in [4.78, 5) is 0. The van der Waals surface area contributed by atoms with Gasteiger partial charge in [0.15, 0.2) is 0 Å². The number of rotatable bonds is 3. The van der Waals surface area contributed by atoms with E-state index in [2.05, 4.69) is 90.8 Å². The fraction of sp³-hybridized carbons (Fsp3) is 0.267. The second-order valence-electron chi connectivity index (χ2n) is 8.88. The van der Waals surface area contributed by atoms with Crippen LogP contribution in [0.5, 0.6) is 5.75 Å². The molecule has 1 saturated carbocycles. The molecule has 160 valence electrons. The molecule has 1 aliphatic heterocycles. The molecule has 0 radical (unpaired) electrons. The Balaban J connectivity index is 1.68. The van der Waals surface area contributed by atoms with E-state index in [4.69, 9.17) is 4.74 Å². The molecule has 1 fully saturated rings. The molecule has 32 heavy (non-hydrogen) atoms. The highest BCUT2D eigenvalue weighted by Crippen LogP contribution is 2.42. The van der Waals surface area contributed by atoms with E-state index in [0.29, 0.717) is 6.04 Å². The van der Waals surface area contributed by atoms with E-state index < -0.39 is 5.72 Å². The van der Waals surface area contributed by atoms with Gasteiger partial charge in [0.2, 0.25) is 0 Å². The number of fused-ring (bicyclic) bond motifs is 1. The van der Waals surface area contributed by atoms with Crippen LogP contribution in [-0.4, -0.2) is 6.04 Å². The Morgan fingerprint density at radius 1 is 0.781 bits per heavy atom. The first-order valence-corrected chi connectivity index (χ1v) is 11.7. The fourth-order valence-corrected chi connectivity index (χ4v) is 5.07. The number of ether oxygens (including phenoxy) is 1. The summed E-state index contributed by atoms with van der Waals surface area (Å²) < 4.78 is 6.92. The minimum absolute atomic E-state index is 0.549. The quantitative estimate of drug-likeness (QED) is 0.544. The second kappa shape index (κ2) is 9.07. The van der Waals surface area contributed by atoms with E-state index in [0.717, 1.165) is 22.4 Å². The molecule has 2 heteroatoms. The fourth-order valence-electron chi connectivity index (χ4n) is 5.07. The van der Waals surface area contributed by atoms with Crippen molar-refractivity contribution >= 4 is 5.57 Å². The Kier molecular flexibility index (Phi) is 5.84. The number of benzene rings is 3. The minimum atomic E-state index is -0.599. The summed E-state index contributed by atoms with van der Waals surface area (Å²) in [5.41, 5.74) is 4.94. The molecule has 3 aromatic carbocycles. The summed E-state index contributed by atoms with van der Waals surface area (Å²) in [5.74, 6) is 7.85. The topological polar surface area (TPSA) is 25.8 Å². The van der Waals surface area contributed by atoms with Crippen molar-refractivity contribution < 1.29 is 10.1 Å². The zero-order valence-electron chi connectivity index (χ0n) is 18.7. The normalized spacial score (nSPS) is 20.7. The smallest absolute Gasteiger partial charge is 0.291 e. The number of para-hydroxylation sites is 1. The van der Waals surface area contributed by atoms with Crippen LogP contribution in [0.3, 0.4) is 0 Å². The van der Waals surface area contributed by atoms with Crippen LogP contribution in [0.25, 0.3) is 5.57 Å². The van der Waals surface area contributed by atoms with Crippen LogP contribution in [0.2, 0.25) is 0 Å². The molecule has 2 aliphatic rings. The third-order valence-corrected chi connectivity index (χ3v) is 6.79. The van der Waals surface area contributed by atoms with Crippen LogP contribution >= 0.6 is 0 Å². The van der Waals surface area contributed by atoms with E-state index in [1.807, 2.05) is 18.2 Å². The molecule has 0 bridgehead atoms.